The highest BCUT2D eigenvalue weighted by atomic mass is 32.1. The summed E-state index contributed by atoms with van der Waals surface area (Å²) in [6.45, 7) is 2.19. The van der Waals surface area contributed by atoms with E-state index in [-0.39, 0.29) is 6.61 Å². The van der Waals surface area contributed by atoms with Gasteiger partial charge in [0, 0.05) is 25.4 Å². The molecule has 1 aliphatic heterocycles. The Hall–Kier alpha value is -1.20. The van der Waals surface area contributed by atoms with Crippen molar-refractivity contribution < 1.29 is 5.11 Å². The van der Waals surface area contributed by atoms with Gasteiger partial charge in [-0.05, 0) is 49.7 Å². The first-order chi connectivity index (χ1) is 9.69. The number of hydrogen-bond acceptors (Lipinski definition) is 4. The first-order valence-corrected chi connectivity index (χ1v) is 7.78. The molecule has 1 saturated heterocycles. The number of nitrogens with two attached hydrogens (primary N) is 1. The maximum absolute atomic E-state index is 9.08. The fourth-order valence-corrected chi connectivity index (χ4v) is 3.48. The van der Waals surface area contributed by atoms with Crippen molar-refractivity contribution in [2.24, 2.45) is 11.7 Å². The summed E-state index contributed by atoms with van der Waals surface area (Å²) in [6, 6.07) is 2.15. The number of hydrogen-bond donors (Lipinski definition) is 2. The third-order valence-corrected chi connectivity index (χ3v) is 4.64. The van der Waals surface area contributed by atoms with Gasteiger partial charge in [0.1, 0.15) is 10.8 Å². The van der Waals surface area contributed by atoms with Crippen molar-refractivity contribution in [3.63, 3.8) is 0 Å². The number of fused-ring (bicyclic) bond motifs is 1. The molecule has 1 aromatic rings. The van der Waals surface area contributed by atoms with Crippen LogP contribution in [0.5, 0.6) is 0 Å². The monoisotopic (exact) mass is 291 g/mol. The smallest absolute Gasteiger partial charge is 0.139 e. The van der Waals surface area contributed by atoms with Gasteiger partial charge in [-0.1, -0.05) is 12.2 Å². The summed E-state index contributed by atoms with van der Waals surface area (Å²) in [5.41, 5.74) is 9.34. The summed E-state index contributed by atoms with van der Waals surface area (Å²) in [4.78, 5) is 7.57. The Morgan fingerprint density at radius 2 is 2.35 bits per heavy atom. The lowest BCUT2D eigenvalue weighted by Gasteiger charge is -2.21. The van der Waals surface area contributed by atoms with Gasteiger partial charge >= 0.3 is 0 Å². The number of aliphatic hydroxyl groups is 1. The number of nitrogens with zero attached hydrogens (tertiary/aromatic N) is 2. The number of thiocarbonyl (C=S) groups is 1. The van der Waals surface area contributed by atoms with Crippen molar-refractivity contribution in [3.05, 3.63) is 22.9 Å². The van der Waals surface area contributed by atoms with Crippen LogP contribution in [0.1, 0.15) is 36.1 Å². The summed E-state index contributed by atoms with van der Waals surface area (Å²) < 4.78 is 0. The van der Waals surface area contributed by atoms with Crippen molar-refractivity contribution in [3.8, 4) is 0 Å². The van der Waals surface area contributed by atoms with E-state index in [4.69, 9.17) is 28.0 Å². The molecule has 1 atom stereocenters. The summed E-state index contributed by atoms with van der Waals surface area (Å²) in [7, 11) is 0. The zero-order valence-electron chi connectivity index (χ0n) is 11.6. The average molecular weight is 291 g/mol. The Morgan fingerprint density at radius 3 is 3.10 bits per heavy atom. The Balaban J connectivity index is 1.90. The van der Waals surface area contributed by atoms with Gasteiger partial charge in [-0.2, -0.15) is 0 Å². The van der Waals surface area contributed by atoms with Gasteiger partial charge in [-0.3, -0.25) is 0 Å². The summed E-state index contributed by atoms with van der Waals surface area (Å²) in [5.74, 6) is 1.51. The molecule has 108 valence electrons. The lowest BCUT2D eigenvalue weighted by molar-refractivity contribution is 0.263. The molecule has 0 aromatic carbocycles. The van der Waals surface area contributed by atoms with E-state index in [9.17, 15) is 0 Å². The molecule has 1 fully saturated rings. The van der Waals surface area contributed by atoms with Crippen LogP contribution in [-0.2, 0) is 12.8 Å². The highest BCUT2D eigenvalue weighted by molar-refractivity contribution is 7.80. The third kappa shape index (κ3) is 2.52. The van der Waals surface area contributed by atoms with Crippen LogP contribution in [0.2, 0.25) is 0 Å². The molecule has 3 rings (SSSR count). The summed E-state index contributed by atoms with van der Waals surface area (Å²) >= 11 is 5.21. The molecule has 2 heterocycles. The Labute approximate surface area is 125 Å². The van der Waals surface area contributed by atoms with Crippen LogP contribution >= 0.6 is 12.2 Å². The number of aryl methyl sites for hydroxylation is 2. The zero-order chi connectivity index (χ0) is 14.1. The van der Waals surface area contributed by atoms with Gasteiger partial charge in [0.15, 0.2) is 0 Å². The van der Waals surface area contributed by atoms with Crippen molar-refractivity contribution in [2.45, 2.75) is 32.1 Å². The van der Waals surface area contributed by atoms with Crippen LogP contribution < -0.4 is 10.6 Å². The Kier molecular flexibility index (Phi) is 3.89. The normalized spacial score (nSPS) is 21.2. The summed E-state index contributed by atoms with van der Waals surface area (Å²) in [6.07, 6.45) is 5.30. The SMILES string of the molecule is NC(=S)c1cc2c(nc1N1CCC(CCO)C1)CCC2. The second-order valence-electron chi connectivity index (χ2n) is 5.80. The molecular formula is C15H21N3OS. The average Bonchev–Trinajstić information content (AvgIpc) is 3.05. The maximum Gasteiger partial charge on any atom is 0.139 e. The predicted molar refractivity (Wildman–Crippen MR) is 84.2 cm³/mol. The molecule has 0 spiro atoms. The van der Waals surface area contributed by atoms with Crippen LogP contribution in [0.3, 0.4) is 0 Å². The largest absolute Gasteiger partial charge is 0.396 e. The first kappa shape index (κ1) is 13.8. The molecule has 20 heavy (non-hydrogen) atoms. The van der Waals surface area contributed by atoms with Crippen LogP contribution in [-0.4, -0.2) is 34.8 Å². The number of pyridine rings is 1. The second-order valence-corrected chi connectivity index (χ2v) is 6.24. The minimum Gasteiger partial charge on any atom is -0.396 e. The topological polar surface area (TPSA) is 62.4 Å². The molecular weight excluding hydrogens is 270 g/mol. The molecule has 5 heteroatoms. The number of aromatic nitrogens is 1. The first-order valence-electron chi connectivity index (χ1n) is 7.37. The predicted octanol–water partition coefficient (Wildman–Crippen LogP) is 1.41. The van der Waals surface area contributed by atoms with Crippen LogP contribution in [0.15, 0.2) is 6.07 Å². The Morgan fingerprint density at radius 1 is 1.50 bits per heavy atom. The van der Waals surface area contributed by atoms with Crippen molar-refractivity contribution in [1.29, 1.82) is 0 Å². The van der Waals surface area contributed by atoms with Gasteiger partial charge in [0.05, 0.1) is 5.56 Å². The quantitative estimate of drug-likeness (QED) is 0.821. The molecule has 1 unspecified atom stereocenters. The van der Waals surface area contributed by atoms with E-state index in [1.54, 1.807) is 0 Å². The standard InChI is InChI=1S/C15H21N3OS/c16-14(20)12-8-11-2-1-3-13(11)17-15(12)18-6-4-10(9-18)5-7-19/h8,10,19H,1-7,9H2,(H2,16,20). The van der Waals surface area contributed by atoms with Gasteiger partial charge < -0.3 is 15.7 Å². The van der Waals surface area contributed by atoms with E-state index >= 15 is 0 Å². The fraction of sp³-hybridized carbons (Fsp3) is 0.600. The molecule has 0 bridgehead atoms. The third-order valence-electron chi connectivity index (χ3n) is 4.42. The van der Waals surface area contributed by atoms with E-state index < -0.39 is 0 Å². The maximum atomic E-state index is 9.08. The van der Waals surface area contributed by atoms with E-state index in [0.29, 0.717) is 10.9 Å². The van der Waals surface area contributed by atoms with E-state index in [1.165, 1.54) is 17.7 Å². The molecule has 1 aliphatic carbocycles. The van der Waals surface area contributed by atoms with Crippen LogP contribution in [0.4, 0.5) is 5.82 Å². The second kappa shape index (κ2) is 5.66. The lowest BCUT2D eigenvalue weighted by atomic mass is 10.1. The number of aliphatic hydroxyl groups excluding tert-OH is 1. The van der Waals surface area contributed by atoms with E-state index in [2.05, 4.69) is 11.0 Å². The van der Waals surface area contributed by atoms with Crippen molar-refractivity contribution in [2.75, 3.05) is 24.6 Å². The van der Waals surface area contributed by atoms with Gasteiger partial charge in [0.2, 0.25) is 0 Å². The van der Waals surface area contributed by atoms with Gasteiger partial charge in [-0.15, -0.1) is 0 Å². The van der Waals surface area contributed by atoms with Crippen molar-refractivity contribution in [1.82, 2.24) is 4.98 Å². The molecule has 1 aromatic heterocycles. The Bertz CT molecular complexity index is 532. The molecule has 4 nitrogen and oxygen atoms in total. The molecule has 3 N–H and O–H groups in total. The highest BCUT2D eigenvalue weighted by Crippen LogP contribution is 2.31. The minimum absolute atomic E-state index is 0.262. The van der Waals surface area contributed by atoms with Gasteiger partial charge in [-0.25, -0.2) is 4.98 Å². The molecule has 2 aliphatic rings. The molecule has 0 saturated carbocycles. The zero-order valence-corrected chi connectivity index (χ0v) is 12.5. The molecule has 0 amide bonds. The van der Waals surface area contributed by atoms with E-state index in [0.717, 1.165) is 50.2 Å². The number of anilines is 1. The highest BCUT2D eigenvalue weighted by Gasteiger charge is 2.27. The summed E-state index contributed by atoms with van der Waals surface area (Å²) in [5, 5.41) is 9.08. The molecule has 0 radical (unpaired) electrons. The minimum atomic E-state index is 0.262. The fourth-order valence-electron chi connectivity index (χ4n) is 3.33. The lowest BCUT2D eigenvalue weighted by Crippen LogP contribution is -2.26. The van der Waals surface area contributed by atoms with E-state index in [1.807, 2.05) is 0 Å². The van der Waals surface area contributed by atoms with Crippen LogP contribution in [0.25, 0.3) is 0 Å². The van der Waals surface area contributed by atoms with Crippen molar-refractivity contribution >= 4 is 23.0 Å². The number of rotatable bonds is 4. The van der Waals surface area contributed by atoms with Gasteiger partial charge in [0.25, 0.3) is 0 Å². The van der Waals surface area contributed by atoms with Crippen LogP contribution in [0, 0.1) is 5.92 Å².